The number of hydrogen-bond acceptors (Lipinski definition) is 5. The van der Waals surface area contributed by atoms with Crippen molar-refractivity contribution in [1.29, 1.82) is 0 Å². The van der Waals surface area contributed by atoms with E-state index in [0.717, 1.165) is 0 Å². The molecule has 20 heavy (non-hydrogen) atoms. The standard InChI is InChI=1S/C14H21O5P/c1-4-18-20(16,19-5-2)11-10-14(15)12-6-8-13(17-3)9-7-12/h6-9H,4-5,10-11H2,1-3H3. The van der Waals surface area contributed by atoms with E-state index in [-0.39, 0.29) is 18.4 Å². The van der Waals surface area contributed by atoms with Gasteiger partial charge in [-0.25, -0.2) is 0 Å². The molecule has 1 aromatic rings. The summed E-state index contributed by atoms with van der Waals surface area (Å²) in [6.45, 7) is 4.09. The van der Waals surface area contributed by atoms with E-state index in [2.05, 4.69) is 0 Å². The Labute approximate surface area is 119 Å². The molecule has 0 saturated heterocycles. The van der Waals surface area contributed by atoms with Gasteiger partial charge in [0, 0.05) is 12.0 Å². The van der Waals surface area contributed by atoms with Crippen molar-refractivity contribution in [2.24, 2.45) is 0 Å². The average molecular weight is 300 g/mol. The zero-order chi connectivity index (χ0) is 15.0. The molecule has 6 heteroatoms. The van der Waals surface area contributed by atoms with Crippen LogP contribution in [0, 0.1) is 0 Å². The van der Waals surface area contributed by atoms with Gasteiger partial charge >= 0.3 is 7.60 Å². The van der Waals surface area contributed by atoms with Crippen LogP contribution in [0.5, 0.6) is 5.75 Å². The summed E-state index contributed by atoms with van der Waals surface area (Å²) in [7, 11) is -1.59. The Balaban J connectivity index is 2.62. The first-order valence-corrected chi connectivity index (χ1v) is 8.32. The Bertz CT molecular complexity index is 459. The number of rotatable bonds is 9. The molecular formula is C14H21O5P. The molecule has 0 unspecified atom stereocenters. The molecule has 0 aliphatic heterocycles. The lowest BCUT2D eigenvalue weighted by Gasteiger charge is -2.16. The quantitative estimate of drug-likeness (QED) is 0.515. The monoisotopic (exact) mass is 300 g/mol. The van der Waals surface area contributed by atoms with E-state index in [4.69, 9.17) is 13.8 Å². The molecule has 0 aliphatic rings. The zero-order valence-electron chi connectivity index (χ0n) is 12.1. The molecule has 0 spiro atoms. The number of Topliss-reactive ketones (excluding diaryl/α,β-unsaturated/α-hetero) is 1. The highest BCUT2D eigenvalue weighted by Crippen LogP contribution is 2.48. The van der Waals surface area contributed by atoms with E-state index < -0.39 is 7.60 Å². The fraction of sp³-hybridized carbons (Fsp3) is 0.500. The molecule has 0 saturated carbocycles. The van der Waals surface area contributed by atoms with Gasteiger partial charge < -0.3 is 13.8 Å². The van der Waals surface area contributed by atoms with Crippen LogP contribution in [0.3, 0.4) is 0 Å². The molecule has 1 rings (SSSR count). The molecule has 0 radical (unpaired) electrons. The largest absolute Gasteiger partial charge is 0.497 e. The predicted molar refractivity (Wildman–Crippen MR) is 77.7 cm³/mol. The van der Waals surface area contributed by atoms with Gasteiger partial charge in [0.1, 0.15) is 5.75 Å². The number of carbonyl (C=O) groups excluding carboxylic acids is 1. The summed E-state index contributed by atoms with van der Waals surface area (Å²) in [6.07, 6.45) is 0.225. The molecule has 0 heterocycles. The van der Waals surface area contributed by atoms with Crippen molar-refractivity contribution in [3.8, 4) is 5.75 Å². The Morgan fingerprint density at radius 1 is 1.10 bits per heavy atom. The highest BCUT2D eigenvalue weighted by molar-refractivity contribution is 7.53. The fourth-order valence-electron chi connectivity index (χ4n) is 1.72. The maximum Gasteiger partial charge on any atom is 0.331 e. The molecule has 1 aromatic carbocycles. The van der Waals surface area contributed by atoms with Crippen LogP contribution in [0.25, 0.3) is 0 Å². The van der Waals surface area contributed by atoms with Gasteiger partial charge in [-0.05, 0) is 38.1 Å². The molecule has 112 valence electrons. The zero-order valence-corrected chi connectivity index (χ0v) is 13.0. The molecule has 0 N–H and O–H groups in total. The molecular weight excluding hydrogens is 279 g/mol. The number of benzene rings is 1. The van der Waals surface area contributed by atoms with E-state index in [1.807, 2.05) is 0 Å². The third-order valence-corrected chi connectivity index (χ3v) is 4.75. The Morgan fingerprint density at radius 3 is 2.10 bits per heavy atom. The highest BCUT2D eigenvalue weighted by Gasteiger charge is 2.24. The summed E-state index contributed by atoms with van der Waals surface area (Å²) in [4.78, 5) is 12.0. The van der Waals surface area contributed by atoms with Crippen LogP contribution >= 0.6 is 7.60 Å². The normalized spacial score (nSPS) is 11.3. The Hall–Kier alpha value is -1.16. The van der Waals surface area contributed by atoms with Crippen molar-refractivity contribution in [2.75, 3.05) is 26.5 Å². The van der Waals surface area contributed by atoms with Gasteiger partial charge in [0.15, 0.2) is 5.78 Å². The van der Waals surface area contributed by atoms with Gasteiger partial charge in [-0.15, -0.1) is 0 Å². The fourth-order valence-corrected chi connectivity index (χ4v) is 3.32. The van der Waals surface area contributed by atoms with Gasteiger partial charge in [0.05, 0.1) is 26.5 Å². The summed E-state index contributed by atoms with van der Waals surface area (Å²) < 4.78 is 27.6. The van der Waals surface area contributed by atoms with E-state index >= 15 is 0 Å². The third-order valence-electron chi connectivity index (χ3n) is 2.68. The van der Waals surface area contributed by atoms with Crippen molar-refractivity contribution < 1.29 is 23.1 Å². The summed E-state index contributed by atoms with van der Waals surface area (Å²) in [5, 5.41) is 0. The first-order valence-electron chi connectivity index (χ1n) is 6.60. The molecule has 0 atom stereocenters. The molecule has 0 fully saturated rings. The maximum absolute atomic E-state index is 12.2. The van der Waals surface area contributed by atoms with E-state index in [9.17, 15) is 9.36 Å². The first kappa shape index (κ1) is 16.9. The molecule has 0 aromatic heterocycles. The number of methoxy groups -OCH3 is 1. The van der Waals surface area contributed by atoms with Crippen LogP contribution in [0.1, 0.15) is 30.6 Å². The molecule has 0 bridgehead atoms. The second kappa shape index (κ2) is 8.20. The SMILES string of the molecule is CCOP(=O)(CCC(=O)c1ccc(OC)cc1)OCC. The molecule has 0 amide bonds. The Morgan fingerprint density at radius 2 is 1.65 bits per heavy atom. The van der Waals surface area contributed by atoms with Crippen LogP contribution in [0.2, 0.25) is 0 Å². The van der Waals surface area contributed by atoms with Gasteiger partial charge in [0.2, 0.25) is 0 Å². The minimum atomic E-state index is -3.15. The number of carbonyl (C=O) groups is 1. The maximum atomic E-state index is 12.2. The molecule has 5 nitrogen and oxygen atoms in total. The first-order chi connectivity index (χ1) is 9.54. The summed E-state index contributed by atoms with van der Waals surface area (Å²) in [5.41, 5.74) is 0.561. The van der Waals surface area contributed by atoms with Crippen LogP contribution in [0.4, 0.5) is 0 Å². The predicted octanol–water partition coefficient (Wildman–Crippen LogP) is 3.53. The number of ketones is 1. The second-order valence-electron chi connectivity index (χ2n) is 4.07. The second-order valence-corrected chi connectivity index (χ2v) is 6.26. The van der Waals surface area contributed by atoms with Crippen LogP contribution < -0.4 is 4.74 Å². The van der Waals surface area contributed by atoms with Gasteiger partial charge in [-0.2, -0.15) is 0 Å². The topological polar surface area (TPSA) is 61.8 Å². The lowest BCUT2D eigenvalue weighted by molar-refractivity contribution is 0.0984. The highest BCUT2D eigenvalue weighted by atomic mass is 31.2. The third kappa shape index (κ3) is 5.08. The van der Waals surface area contributed by atoms with Gasteiger partial charge in [0.25, 0.3) is 0 Å². The van der Waals surface area contributed by atoms with E-state index in [0.29, 0.717) is 24.5 Å². The van der Waals surface area contributed by atoms with Gasteiger partial charge in [-0.3, -0.25) is 9.36 Å². The van der Waals surface area contributed by atoms with Crippen molar-refractivity contribution in [3.63, 3.8) is 0 Å². The van der Waals surface area contributed by atoms with E-state index in [1.54, 1.807) is 45.2 Å². The minimum Gasteiger partial charge on any atom is -0.497 e. The summed E-state index contributed by atoms with van der Waals surface area (Å²) in [6, 6.07) is 6.82. The van der Waals surface area contributed by atoms with Crippen LogP contribution in [-0.2, 0) is 13.6 Å². The number of ether oxygens (including phenoxy) is 1. The summed E-state index contributed by atoms with van der Waals surface area (Å²) in [5.74, 6) is 0.600. The lowest BCUT2D eigenvalue weighted by Crippen LogP contribution is -2.06. The summed E-state index contributed by atoms with van der Waals surface area (Å²) >= 11 is 0. The van der Waals surface area contributed by atoms with Crippen molar-refractivity contribution >= 4 is 13.4 Å². The van der Waals surface area contributed by atoms with Gasteiger partial charge in [-0.1, -0.05) is 0 Å². The van der Waals surface area contributed by atoms with E-state index in [1.165, 1.54) is 0 Å². The van der Waals surface area contributed by atoms with Crippen LogP contribution in [-0.4, -0.2) is 32.3 Å². The smallest absolute Gasteiger partial charge is 0.331 e. The Kier molecular flexibility index (Phi) is 6.93. The van der Waals surface area contributed by atoms with Crippen molar-refractivity contribution in [1.82, 2.24) is 0 Å². The number of hydrogen-bond donors (Lipinski definition) is 0. The van der Waals surface area contributed by atoms with Crippen LogP contribution in [0.15, 0.2) is 24.3 Å². The van der Waals surface area contributed by atoms with Crippen molar-refractivity contribution in [2.45, 2.75) is 20.3 Å². The minimum absolute atomic E-state index is 0.0905. The average Bonchev–Trinajstić information content (AvgIpc) is 2.45. The van der Waals surface area contributed by atoms with Crippen molar-refractivity contribution in [3.05, 3.63) is 29.8 Å². The molecule has 0 aliphatic carbocycles. The lowest BCUT2D eigenvalue weighted by atomic mass is 10.1.